The first kappa shape index (κ1) is 21.8. The number of hydrogen-bond acceptors (Lipinski definition) is 2. The summed E-state index contributed by atoms with van der Waals surface area (Å²) in [6, 6.07) is 30.7. The van der Waals surface area contributed by atoms with Gasteiger partial charge in [-0.2, -0.15) is 0 Å². The number of nitrogens with zero attached hydrogens (tertiary/aromatic N) is 1. The zero-order valence-electron chi connectivity index (χ0n) is 19.3. The Morgan fingerprint density at radius 3 is 2.44 bits per heavy atom. The summed E-state index contributed by atoms with van der Waals surface area (Å²) < 4.78 is 8.51. The molecule has 5 aromatic rings. The van der Waals surface area contributed by atoms with Gasteiger partial charge in [-0.25, -0.2) is 0 Å². The highest BCUT2D eigenvalue weighted by atomic mass is 16.5. The van der Waals surface area contributed by atoms with Gasteiger partial charge in [-0.15, -0.1) is 0 Å². The van der Waals surface area contributed by atoms with E-state index < -0.39 is 5.91 Å². The Bertz CT molecular complexity index is 1470. The van der Waals surface area contributed by atoms with Gasteiger partial charge in [0.25, 0.3) is 0 Å². The lowest BCUT2D eigenvalue weighted by Gasteiger charge is -2.14. The van der Waals surface area contributed by atoms with Gasteiger partial charge in [0.2, 0.25) is 5.91 Å². The van der Waals surface area contributed by atoms with Crippen molar-refractivity contribution >= 4 is 27.7 Å². The number of carbonyl (C=O) groups is 1. The summed E-state index contributed by atoms with van der Waals surface area (Å²) in [5.74, 6) is 0.450. The highest BCUT2D eigenvalue weighted by Crippen LogP contribution is 2.34. The lowest BCUT2D eigenvalue weighted by Crippen LogP contribution is -2.11. The Kier molecular flexibility index (Phi) is 6.05. The summed E-state index contributed by atoms with van der Waals surface area (Å²) in [4.78, 5) is 12.3. The van der Waals surface area contributed by atoms with E-state index in [-0.39, 0.29) is 0 Å². The van der Waals surface area contributed by atoms with Crippen LogP contribution >= 0.6 is 0 Å². The van der Waals surface area contributed by atoms with Gasteiger partial charge in [-0.1, -0.05) is 80.1 Å². The van der Waals surface area contributed by atoms with Crippen LogP contribution < -0.4 is 10.5 Å². The molecule has 4 aromatic carbocycles. The minimum absolute atomic E-state index is 0.408. The molecule has 0 aliphatic heterocycles. The number of aryl methyl sites for hydroxylation is 1. The Balaban J connectivity index is 1.62. The normalized spacial score (nSPS) is 11.2. The van der Waals surface area contributed by atoms with E-state index in [0.29, 0.717) is 18.7 Å². The average molecular weight is 449 g/mol. The Morgan fingerprint density at radius 2 is 1.65 bits per heavy atom. The molecule has 0 saturated heterocycles. The number of primary amides is 1. The number of nitrogens with two attached hydrogens (primary N) is 1. The average Bonchev–Trinajstić information content (AvgIpc) is 3.17. The van der Waals surface area contributed by atoms with Crippen molar-refractivity contribution in [3.05, 3.63) is 113 Å². The van der Waals surface area contributed by atoms with E-state index in [0.717, 1.165) is 51.5 Å². The number of benzene rings is 4. The number of rotatable bonds is 8. The van der Waals surface area contributed by atoms with Crippen LogP contribution in [0.1, 0.15) is 40.4 Å². The smallest absolute Gasteiger partial charge is 0.249 e. The van der Waals surface area contributed by atoms with Crippen molar-refractivity contribution in [2.45, 2.75) is 32.9 Å². The molecule has 4 nitrogen and oxygen atoms in total. The number of ether oxygens (including phenoxy) is 1. The van der Waals surface area contributed by atoms with Crippen LogP contribution in [0.25, 0.3) is 21.8 Å². The largest absolute Gasteiger partial charge is 0.489 e. The molecule has 0 aliphatic carbocycles. The van der Waals surface area contributed by atoms with Crippen molar-refractivity contribution in [1.29, 1.82) is 0 Å². The molecular formula is C30H28N2O2. The van der Waals surface area contributed by atoms with Crippen molar-refractivity contribution in [3.8, 4) is 5.75 Å². The minimum atomic E-state index is -0.408. The van der Waals surface area contributed by atoms with Crippen LogP contribution in [0.15, 0.2) is 91.0 Å². The first-order chi connectivity index (χ1) is 16.7. The SMILES string of the molecule is CCCc1ccc2c3c(C(N)=O)cccc3n(Cc3ccccc3OCc3ccccc3)c2c1. The monoisotopic (exact) mass is 448 g/mol. The Labute approximate surface area is 199 Å². The molecule has 1 heterocycles. The summed E-state index contributed by atoms with van der Waals surface area (Å²) in [5.41, 5.74) is 11.9. The second kappa shape index (κ2) is 9.44. The lowest BCUT2D eigenvalue weighted by atomic mass is 10.0. The highest BCUT2D eigenvalue weighted by Gasteiger charge is 2.18. The molecule has 0 radical (unpaired) electrons. The fourth-order valence-electron chi connectivity index (χ4n) is 4.69. The van der Waals surface area contributed by atoms with Gasteiger partial charge in [0.15, 0.2) is 0 Å². The summed E-state index contributed by atoms with van der Waals surface area (Å²) in [7, 11) is 0. The first-order valence-electron chi connectivity index (χ1n) is 11.7. The van der Waals surface area contributed by atoms with Crippen LogP contribution in [0.4, 0.5) is 0 Å². The third kappa shape index (κ3) is 4.15. The van der Waals surface area contributed by atoms with E-state index in [1.807, 2.05) is 48.5 Å². The van der Waals surface area contributed by atoms with Gasteiger partial charge in [-0.05, 0) is 41.8 Å². The number of amides is 1. The second-order valence-corrected chi connectivity index (χ2v) is 8.63. The molecule has 0 bridgehead atoms. The standard InChI is InChI=1S/C30H28N2O2/c1-2-9-21-16-17-24-27(18-21)32(26-14-8-13-25(29(24)26)30(31)33)19-23-12-6-7-15-28(23)34-20-22-10-4-3-5-11-22/h3-8,10-18H,2,9,19-20H2,1H3,(H2,31,33). The predicted molar refractivity (Wildman–Crippen MR) is 138 cm³/mol. The summed E-state index contributed by atoms with van der Waals surface area (Å²) in [6.45, 7) is 3.32. The van der Waals surface area contributed by atoms with E-state index in [9.17, 15) is 4.79 Å². The molecule has 5 rings (SSSR count). The molecule has 1 aromatic heterocycles. The topological polar surface area (TPSA) is 57.2 Å². The van der Waals surface area contributed by atoms with Gasteiger partial charge in [0, 0.05) is 27.4 Å². The zero-order chi connectivity index (χ0) is 23.5. The molecule has 0 unspecified atom stereocenters. The van der Waals surface area contributed by atoms with Gasteiger partial charge in [0.05, 0.1) is 12.1 Å². The zero-order valence-corrected chi connectivity index (χ0v) is 19.3. The first-order valence-corrected chi connectivity index (χ1v) is 11.7. The molecule has 34 heavy (non-hydrogen) atoms. The Hall–Kier alpha value is -4.05. The minimum Gasteiger partial charge on any atom is -0.489 e. The van der Waals surface area contributed by atoms with E-state index in [1.165, 1.54) is 5.56 Å². The predicted octanol–water partition coefficient (Wildman–Crippen LogP) is 6.47. The maximum absolute atomic E-state index is 12.3. The van der Waals surface area contributed by atoms with E-state index >= 15 is 0 Å². The molecule has 4 heteroatoms. The van der Waals surface area contributed by atoms with Crippen molar-refractivity contribution in [2.75, 3.05) is 0 Å². The third-order valence-corrected chi connectivity index (χ3v) is 6.30. The summed E-state index contributed by atoms with van der Waals surface area (Å²) >= 11 is 0. The van der Waals surface area contributed by atoms with E-state index in [4.69, 9.17) is 10.5 Å². The number of hydrogen-bond donors (Lipinski definition) is 1. The molecule has 0 aliphatic rings. The molecule has 0 spiro atoms. The van der Waals surface area contributed by atoms with Gasteiger partial charge >= 0.3 is 0 Å². The van der Waals surface area contributed by atoms with Crippen LogP contribution in [0.3, 0.4) is 0 Å². The highest BCUT2D eigenvalue weighted by molar-refractivity contribution is 6.18. The number of aromatic nitrogens is 1. The van der Waals surface area contributed by atoms with E-state index in [1.54, 1.807) is 0 Å². The summed E-state index contributed by atoms with van der Waals surface area (Å²) in [6.07, 6.45) is 2.09. The van der Waals surface area contributed by atoms with Crippen LogP contribution in [0, 0.1) is 0 Å². The quantitative estimate of drug-likeness (QED) is 0.296. The molecular weight excluding hydrogens is 420 g/mol. The van der Waals surface area contributed by atoms with Gasteiger partial charge in [0.1, 0.15) is 12.4 Å². The van der Waals surface area contributed by atoms with Crippen LogP contribution in [0.5, 0.6) is 5.75 Å². The number of carbonyl (C=O) groups excluding carboxylic acids is 1. The fourth-order valence-corrected chi connectivity index (χ4v) is 4.69. The second-order valence-electron chi connectivity index (χ2n) is 8.63. The summed E-state index contributed by atoms with van der Waals surface area (Å²) in [5, 5.41) is 1.96. The molecule has 1 amide bonds. The van der Waals surface area contributed by atoms with E-state index in [2.05, 4.69) is 54.0 Å². The fraction of sp³-hybridized carbons (Fsp3) is 0.167. The lowest BCUT2D eigenvalue weighted by molar-refractivity contribution is 0.100. The van der Waals surface area contributed by atoms with Crippen LogP contribution in [0.2, 0.25) is 0 Å². The molecule has 0 atom stereocenters. The maximum atomic E-state index is 12.3. The van der Waals surface area contributed by atoms with Crippen molar-refractivity contribution in [3.63, 3.8) is 0 Å². The van der Waals surface area contributed by atoms with Gasteiger partial charge < -0.3 is 15.0 Å². The van der Waals surface area contributed by atoms with Crippen molar-refractivity contribution in [1.82, 2.24) is 4.57 Å². The van der Waals surface area contributed by atoms with Crippen LogP contribution in [-0.4, -0.2) is 10.5 Å². The molecule has 2 N–H and O–H groups in total. The molecule has 0 fully saturated rings. The Morgan fingerprint density at radius 1 is 0.853 bits per heavy atom. The van der Waals surface area contributed by atoms with Crippen molar-refractivity contribution < 1.29 is 9.53 Å². The van der Waals surface area contributed by atoms with Crippen LogP contribution in [-0.2, 0) is 19.6 Å². The third-order valence-electron chi connectivity index (χ3n) is 6.30. The molecule has 170 valence electrons. The number of para-hydroxylation sites is 1. The maximum Gasteiger partial charge on any atom is 0.249 e. The van der Waals surface area contributed by atoms with Crippen molar-refractivity contribution in [2.24, 2.45) is 5.73 Å². The molecule has 0 saturated carbocycles. The van der Waals surface area contributed by atoms with Gasteiger partial charge in [-0.3, -0.25) is 4.79 Å². The number of fused-ring (bicyclic) bond motifs is 3.